The summed E-state index contributed by atoms with van der Waals surface area (Å²) in [5.41, 5.74) is 0. The van der Waals surface area contributed by atoms with E-state index in [0.29, 0.717) is 5.92 Å². The largest absolute Gasteiger partial charge is 0.384 e. The minimum absolute atomic E-state index is 0.642. The van der Waals surface area contributed by atoms with Crippen LogP contribution >= 0.6 is 0 Å². The summed E-state index contributed by atoms with van der Waals surface area (Å²) in [6.07, 6.45) is 8.45. The van der Waals surface area contributed by atoms with Gasteiger partial charge in [0, 0.05) is 26.3 Å². The van der Waals surface area contributed by atoms with E-state index in [-0.39, 0.29) is 0 Å². The fraction of sp³-hybridized carbons (Fsp3) is 1.00. The molecular weight excluding hydrogens is 174 g/mol. The quantitative estimate of drug-likeness (QED) is 0.687. The van der Waals surface area contributed by atoms with Gasteiger partial charge in [-0.15, -0.1) is 0 Å². The Balaban J connectivity index is 2.09. The number of hydrogen-bond donors (Lipinski definition) is 1. The summed E-state index contributed by atoms with van der Waals surface area (Å²) in [6, 6.07) is 0.775. The Morgan fingerprint density at radius 2 is 1.86 bits per heavy atom. The third-order valence-electron chi connectivity index (χ3n) is 3.06. The van der Waals surface area contributed by atoms with Crippen LogP contribution in [-0.2, 0) is 4.74 Å². The van der Waals surface area contributed by atoms with Crippen molar-refractivity contribution in [3.8, 4) is 0 Å². The second kappa shape index (κ2) is 7.24. The molecule has 1 atom stereocenters. The van der Waals surface area contributed by atoms with Gasteiger partial charge in [0.25, 0.3) is 0 Å². The zero-order valence-corrected chi connectivity index (χ0v) is 9.72. The van der Waals surface area contributed by atoms with Crippen LogP contribution in [-0.4, -0.2) is 26.3 Å². The Hall–Kier alpha value is -0.0800. The Morgan fingerprint density at radius 1 is 1.21 bits per heavy atom. The second-order valence-corrected chi connectivity index (χ2v) is 4.66. The lowest BCUT2D eigenvalue weighted by atomic mass is 10.1. The van der Waals surface area contributed by atoms with Gasteiger partial charge in [0.2, 0.25) is 0 Å². The second-order valence-electron chi connectivity index (χ2n) is 4.66. The van der Waals surface area contributed by atoms with Crippen molar-refractivity contribution in [2.75, 3.05) is 20.3 Å². The summed E-state index contributed by atoms with van der Waals surface area (Å²) in [5.74, 6) is 0.642. The Morgan fingerprint density at radius 3 is 2.43 bits per heavy atom. The van der Waals surface area contributed by atoms with E-state index in [1.807, 2.05) is 0 Å². The van der Waals surface area contributed by atoms with E-state index >= 15 is 0 Å². The average molecular weight is 199 g/mol. The van der Waals surface area contributed by atoms with Gasteiger partial charge in [-0.05, 0) is 18.8 Å². The third kappa shape index (κ3) is 4.97. The number of hydrogen-bond acceptors (Lipinski definition) is 2. The SMILES string of the molecule is COCC(C)CNC1CCCCCC1. The number of rotatable bonds is 5. The van der Waals surface area contributed by atoms with Gasteiger partial charge in [-0.25, -0.2) is 0 Å². The average Bonchev–Trinajstić information content (AvgIpc) is 2.43. The lowest BCUT2D eigenvalue weighted by Gasteiger charge is -2.19. The summed E-state index contributed by atoms with van der Waals surface area (Å²) >= 11 is 0. The van der Waals surface area contributed by atoms with Crippen molar-refractivity contribution in [2.45, 2.75) is 51.5 Å². The normalized spacial score (nSPS) is 21.9. The molecule has 1 rings (SSSR count). The highest BCUT2D eigenvalue weighted by Gasteiger charge is 2.12. The molecule has 84 valence electrons. The van der Waals surface area contributed by atoms with Crippen LogP contribution in [0.5, 0.6) is 0 Å². The molecule has 2 nitrogen and oxygen atoms in total. The van der Waals surface area contributed by atoms with Gasteiger partial charge in [-0.1, -0.05) is 32.6 Å². The van der Waals surface area contributed by atoms with Gasteiger partial charge in [-0.3, -0.25) is 0 Å². The first-order valence-electron chi connectivity index (χ1n) is 6.05. The molecule has 14 heavy (non-hydrogen) atoms. The molecule has 0 aromatic carbocycles. The molecule has 1 aliphatic carbocycles. The smallest absolute Gasteiger partial charge is 0.0499 e. The van der Waals surface area contributed by atoms with E-state index in [4.69, 9.17) is 4.74 Å². The van der Waals surface area contributed by atoms with E-state index in [1.165, 1.54) is 38.5 Å². The summed E-state index contributed by atoms with van der Waals surface area (Å²) < 4.78 is 5.13. The molecule has 0 spiro atoms. The molecular formula is C12H25NO. The summed E-state index contributed by atoms with van der Waals surface area (Å²) in [5, 5.41) is 3.67. The molecule has 0 aromatic rings. The van der Waals surface area contributed by atoms with E-state index in [1.54, 1.807) is 7.11 Å². The lowest BCUT2D eigenvalue weighted by Crippen LogP contribution is -2.33. The van der Waals surface area contributed by atoms with Crippen LogP contribution in [0.3, 0.4) is 0 Å². The molecule has 0 amide bonds. The third-order valence-corrected chi connectivity index (χ3v) is 3.06. The Labute approximate surface area is 88.4 Å². The molecule has 1 N–H and O–H groups in total. The summed E-state index contributed by atoms with van der Waals surface area (Å²) in [4.78, 5) is 0. The minimum atomic E-state index is 0.642. The van der Waals surface area contributed by atoms with Crippen LogP contribution in [0.1, 0.15) is 45.4 Å². The van der Waals surface area contributed by atoms with Gasteiger partial charge in [0.15, 0.2) is 0 Å². The lowest BCUT2D eigenvalue weighted by molar-refractivity contribution is 0.156. The molecule has 0 saturated heterocycles. The monoisotopic (exact) mass is 199 g/mol. The predicted molar refractivity (Wildman–Crippen MR) is 60.5 cm³/mol. The number of nitrogens with one attached hydrogen (secondary N) is 1. The first kappa shape index (κ1) is 12.0. The highest BCUT2D eigenvalue weighted by atomic mass is 16.5. The van der Waals surface area contributed by atoms with Crippen LogP contribution in [0.2, 0.25) is 0 Å². The molecule has 0 radical (unpaired) electrons. The maximum absolute atomic E-state index is 5.13. The fourth-order valence-electron chi connectivity index (χ4n) is 2.19. The Kier molecular flexibility index (Phi) is 6.20. The maximum Gasteiger partial charge on any atom is 0.0499 e. The van der Waals surface area contributed by atoms with E-state index in [2.05, 4.69) is 12.2 Å². The first-order chi connectivity index (χ1) is 6.83. The molecule has 2 heteroatoms. The maximum atomic E-state index is 5.13. The molecule has 1 aliphatic rings. The zero-order chi connectivity index (χ0) is 10.2. The van der Waals surface area contributed by atoms with Gasteiger partial charge in [-0.2, -0.15) is 0 Å². The van der Waals surface area contributed by atoms with E-state index in [0.717, 1.165) is 19.2 Å². The number of ether oxygens (including phenoxy) is 1. The van der Waals surface area contributed by atoms with Crippen LogP contribution in [0.25, 0.3) is 0 Å². The molecule has 0 aliphatic heterocycles. The van der Waals surface area contributed by atoms with Gasteiger partial charge < -0.3 is 10.1 Å². The van der Waals surface area contributed by atoms with Gasteiger partial charge in [0.1, 0.15) is 0 Å². The van der Waals surface area contributed by atoms with Crippen LogP contribution < -0.4 is 5.32 Å². The van der Waals surface area contributed by atoms with Crippen LogP contribution in [0, 0.1) is 5.92 Å². The zero-order valence-electron chi connectivity index (χ0n) is 9.72. The number of methoxy groups -OCH3 is 1. The van der Waals surface area contributed by atoms with E-state index in [9.17, 15) is 0 Å². The van der Waals surface area contributed by atoms with Crippen molar-refractivity contribution in [2.24, 2.45) is 5.92 Å². The van der Waals surface area contributed by atoms with Crippen LogP contribution in [0.4, 0.5) is 0 Å². The standard InChI is InChI=1S/C12H25NO/c1-11(10-14-2)9-13-12-7-5-3-4-6-8-12/h11-13H,3-10H2,1-2H3. The van der Waals surface area contributed by atoms with Crippen molar-refractivity contribution >= 4 is 0 Å². The van der Waals surface area contributed by atoms with Gasteiger partial charge in [0.05, 0.1) is 0 Å². The van der Waals surface area contributed by atoms with Gasteiger partial charge >= 0.3 is 0 Å². The van der Waals surface area contributed by atoms with Crippen molar-refractivity contribution in [1.29, 1.82) is 0 Å². The molecule has 0 heterocycles. The van der Waals surface area contributed by atoms with Crippen molar-refractivity contribution in [1.82, 2.24) is 5.32 Å². The Bertz CT molecular complexity index is 130. The molecule has 1 fully saturated rings. The van der Waals surface area contributed by atoms with Crippen molar-refractivity contribution in [3.63, 3.8) is 0 Å². The first-order valence-corrected chi connectivity index (χ1v) is 6.05. The van der Waals surface area contributed by atoms with Crippen molar-refractivity contribution in [3.05, 3.63) is 0 Å². The highest BCUT2D eigenvalue weighted by Crippen LogP contribution is 2.17. The predicted octanol–water partition coefficient (Wildman–Crippen LogP) is 2.58. The van der Waals surface area contributed by atoms with Crippen LogP contribution in [0.15, 0.2) is 0 Å². The fourth-order valence-corrected chi connectivity index (χ4v) is 2.19. The molecule has 1 unspecified atom stereocenters. The highest BCUT2D eigenvalue weighted by molar-refractivity contribution is 4.71. The summed E-state index contributed by atoms with van der Waals surface area (Å²) in [6.45, 7) is 4.23. The topological polar surface area (TPSA) is 21.3 Å². The molecule has 0 aromatic heterocycles. The summed E-state index contributed by atoms with van der Waals surface area (Å²) in [7, 11) is 1.78. The molecule has 0 bridgehead atoms. The van der Waals surface area contributed by atoms with Crippen molar-refractivity contribution < 1.29 is 4.74 Å². The molecule has 1 saturated carbocycles. The minimum Gasteiger partial charge on any atom is -0.384 e. The van der Waals surface area contributed by atoms with E-state index < -0.39 is 0 Å².